The van der Waals surface area contributed by atoms with E-state index >= 15 is 0 Å². The van der Waals surface area contributed by atoms with Crippen LogP contribution in [0.2, 0.25) is 0 Å². The Kier molecular flexibility index (Phi) is 9.24. The van der Waals surface area contributed by atoms with Crippen molar-refractivity contribution in [3.8, 4) is 0 Å². The zero-order valence-electron chi connectivity index (χ0n) is 20.6. The van der Waals surface area contributed by atoms with Gasteiger partial charge in [-0.25, -0.2) is 9.59 Å². The maximum Gasteiger partial charge on any atom is 0.330 e. The van der Waals surface area contributed by atoms with Crippen LogP contribution in [0.3, 0.4) is 0 Å². The number of nitrogens with one attached hydrogen (secondary N) is 2. The standard InChI is InChI=1S/C27H33N5O4/c1-31(2)16-8-12-22(30-27(36)29-17-25(33)19-9-4-3-5-10-19)20-14-15-24(26(34)35)32(18-20)23-13-7-6-11-21(23)28/h3-7,9-11,13-15,18,22,24H,8,12,16-17,28H2,1-2H3,(H,34,35)(H2,29,30,36). The minimum absolute atomic E-state index is 0.136. The molecule has 1 heterocycles. The lowest BCUT2D eigenvalue weighted by Gasteiger charge is -2.32. The summed E-state index contributed by atoms with van der Waals surface area (Å²) in [4.78, 5) is 40.7. The SMILES string of the molecule is CN(C)CCCC(NC(=O)NCC(=O)c1ccccc1)C1=CN(c2ccccc2N)C(C(=O)O)C=C1. The lowest BCUT2D eigenvalue weighted by Crippen LogP contribution is -2.46. The van der Waals surface area contributed by atoms with Gasteiger partial charge in [0.15, 0.2) is 5.78 Å². The van der Waals surface area contributed by atoms with Crippen molar-refractivity contribution in [1.29, 1.82) is 0 Å². The number of hydrogen-bond acceptors (Lipinski definition) is 6. The Morgan fingerprint density at radius 3 is 2.44 bits per heavy atom. The number of carboxylic acids is 1. The molecule has 3 rings (SSSR count). The van der Waals surface area contributed by atoms with Crippen LogP contribution in [0.15, 0.2) is 78.5 Å². The van der Waals surface area contributed by atoms with Gasteiger partial charge >= 0.3 is 12.0 Å². The second-order valence-corrected chi connectivity index (χ2v) is 8.85. The average molecular weight is 492 g/mol. The molecule has 0 saturated heterocycles. The van der Waals surface area contributed by atoms with Crippen LogP contribution in [-0.4, -0.2) is 67.1 Å². The summed E-state index contributed by atoms with van der Waals surface area (Å²) in [6.07, 6.45) is 6.44. The number of nitrogen functional groups attached to an aromatic ring is 1. The van der Waals surface area contributed by atoms with Crippen LogP contribution in [-0.2, 0) is 4.79 Å². The molecule has 1 aliphatic rings. The van der Waals surface area contributed by atoms with E-state index in [1.165, 1.54) is 0 Å². The number of carbonyl (C=O) groups is 3. The van der Waals surface area contributed by atoms with Crippen molar-refractivity contribution in [3.05, 3.63) is 84.1 Å². The number of amides is 2. The van der Waals surface area contributed by atoms with Crippen molar-refractivity contribution in [1.82, 2.24) is 15.5 Å². The molecule has 190 valence electrons. The zero-order valence-corrected chi connectivity index (χ0v) is 20.6. The van der Waals surface area contributed by atoms with Crippen LogP contribution in [0, 0.1) is 0 Å². The van der Waals surface area contributed by atoms with Crippen molar-refractivity contribution in [2.24, 2.45) is 0 Å². The van der Waals surface area contributed by atoms with E-state index in [1.807, 2.05) is 20.2 Å². The van der Waals surface area contributed by atoms with Gasteiger partial charge in [-0.1, -0.05) is 54.6 Å². The number of aliphatic carboxylic acids is 1. The van der Waals surface area contributed by atoms with Gasteiger partial charge in [0.25, 0.3) is 0 Å². The van der Waals surface area contributed by atoms with E-state index in [9.17, 15) is 19.5 Å². The minimum atomic E-state index is -1.01. The molecule has 0 radical (unpaired) electrons. The fourth-order valence-electron chi connectivity index (χ4n) is 3.96. The Balaban J connectivity index is 1.78. The monoisotopic (exact) mass is 491 g/mol. The highest BCUT2D eigenvalue weighted by Crippen LogP contribution is 2.30. The Bertz CT molecular complexity index is 1130. The van der Waals surface area contributed by atoms with Gasteiger partial charge in [0.05, 0.1) is 24.0 Å². The van der Waals surface area contributed by atoms with Crippen molar-refractivity contribution in [2.75, 3.05) is 37.8 Å². The van der Waals surface area contributed by atoms with Crippen molar-refractivity contribution >= 4 is 29.2 Å². The number of nitrogens with zero attached hydrogens (tertiary/aromatic N) is 2. The third-order valence-electron chi connectivity index (χ3n) is 5.84. The maximum atomic E-state index is 12.7. The predicted octanol–water partition coefficient (Wildman–Crippen LogP) is 2.87. The predicted molar refractivity (Wildman–Crippen MR) is 141 cm³/mol. The van der Waals surface area contributed by atoms with Gasteiger partial charge in [0.2, 0.25) is 0 Å². The number of nitrogens with two attached hydrogens (primary N) is 1. The number of carbonyl (C=O) groups excluding carboxylic acids is 2. The largest absolute Gasteiger partial charge is 0.479 e. The number of urea groups is 1. The van der Waals surface area contributed by atoms with Gasteiger partial charge in [-0.3, -0.25) is 4.79 Å². The lowest BCUT2D eigenvalue weighted by molar-refractivity contribution is -0.137. The Morgan fingerprint density at radius 1 is 1.08 bits per heavy atom. The van der Waals surface area contributed by atoms with Crippen LogP contribution < -0.4 is 21.3 Å². The van der Waals surface area contributed by atoms with Gasteiger partial charge in [0.1, 0.15) is 6.04 Å². The van der Waals surface area contributed by atoms with Crippen LogP contribution in [0.25, 0.3) is 0 Å². The Hall–Kier alpha value is -4.11. The van der Waals surface area contributed by atoms with Crippen LogP contribution in [0.4, 0.5) is 16.2 Å². The van der Waals surface area contributed by atoms with E-state index in [1.54, 1.807) is 71.8 Å². The highest BCUT2D eigenvalue weighted by Gasteiger charge is 2.29. The Labute approximate surface area is 211 Å². The fraction of sp³-hybridized carbons (Fsp3) is 0.296. The van der Waals surface area contributed by atoms with E-state index in [4.69, 9.17) is 5.73 Å². The van der Waals surface area contributed by atoms with Gasteiger partial charge in [0, 0.05) is 11.8 Å². The summed E-state index contributed by atoms with van der Waals surface area (Å²) in [5, 5.41) is 15.4. The first-order valence-corrected chi connectivity index (χ1v) is 11.8. The quantitative estimate of drug-likeness (QED) is 0.281. The maximum absolute atomic E-state index is 12.7. The molecule has 9 heteroatoms. The summed E-state index contributed by atoms with van der Waals surface area (Å²) in [5.74, 6) is -1.21. The molecule has 0 saturated carbocycles. The van der Waals surface area contributed by atoms with Crippen molar-refractivity contribution in [2.45, 2.75) is 24.9 Å². The molecule has 2 atom stereocenters. The van der Waals surface area contributed by atoms with Crippen molar-refractivity contribution in [3.63, 3.8) is 0 Å². The molecule has 1 aliphatic heterocycles. The second-order valence-electron chi connectivity index (χ2n) is 8.85. The van der Waals surface area contributed by atoms with Gasteiger partial charge in [-0.15, -0.1) is 0 Å². The second kappa shape index (κ2) is 12.6. The summed E-state index contributed by atoms with van der Waals surface area (Å²) >= 11 is 0. The van der Waals surface area contributed by atoms with Crippen LogP contribution in [0.5, 0.6) is 0 Å². The van der Waals surface area contributed by atoms with E-state index in [0.29, 0.717) is 23.4 Å². The zero-order chi connectivity index (χ0) is 26.1. The van der Waals surface area contributed by atoms with Crippen LogP contribution in [0.1, 0.15) is 23.2 Å². The first-order valence-electron chi connectivity index (χ1n) is 11.8. The molecule has 36 heavy (non-hydrogen) atoms. The number of Topliss-reactive ketones (excluding diaryl/α,β-unsaturated/α-hetero) is 1. The number of benzene rings is 2. The fourth-order valence-corrected chi connectivity index (χ4v) is 3.96. The smallest absolute Gasteiger partial charge is 0.330 e. The molecule has 0 aliphatic carbocycles. The first-order chi connectivity index (χ1) is 17.3. The number of carboxylic acid groups (broad SMARTS) is 1. The van der Waals surface area contributed by atoms with Gasteiger partial charge in [-0.2, -0.15) is 0 Å². The molecule has 0 bridgehead atoms. The molecule has 0 fully saturated rings. The highest BCUT2D eigenvalue weighted by atomic mass is 16.4. The number of para-hydroxylation sites is 2. The number of anilines is 2. The molecule has 0 spiro atoms. The molecule has 9 nitrogen and oxygen atoms in total. The molecule has 2 unspecified atom stereocenters. The van der Waals surface area contributed by atoms with Gasteiger partial charge in [-0.05, 0) is 51.2 Å². The molecule has 2 aromatic carbocycles. The number of rotatable bonds is 11. The van der Waals surface area contributed by atoms with E-state index in [0.717, 1.165) is 18.5 Å². The lowest BCUT2D eigenvalue weighted by atomic mass is 9.97. The topological polar surface area (TPSA) is 128 Å². The summed E-state index contributed by atoms with van der Waals surface area (Å²) in [5.41, 5.74) is 8.41. The minimum Gasteiger partial charge on any atom is -0.479 e. The Morgan fingerprint density at radius 2 is 1.78 bits per heavy atom. The van der Waals surface area contributed by atoms with Crippen molar-refractivity contribution < 1.29 is 19.5 Å². The molecular weight excluding hydrogens is 458 g/mol. The highest BCUT2D eigenvalue weighted by molar-refractivity contribution is 5.99. The number of hydrogen-bond donors (Lipinski definition) is 4. The first kappa shape index (κ1) is 26.5. The average Bonchev–Trinajstić information content (AvgIpc) is 2.87. The van der Waals surface area contributed by atoms with Crippen LogP contribution >= 0.6 is 0 Å². The summed E-state index contributed by atoms with van der Waals surface area (Å²) in [6.45, 7) is 0.680. The summed E-state index contributed by atoms with van der Waals surface area (Å²) < 4.78 is 0. The third-order valence-corrected chi connectivity index (χ3v) is 5.84. The van der Waals surface area contributed by atoms with E-state index < -0.39 is 24.1 Å². The third kappa shape index (κ3) is 7.19. The molecule has 2 amide bonds. The van der Waals surface area contributed by atoms with Gasteiger partial charge < -0.3 is 31.3 Å². The normalized spacial score (nSPS) is 15.8. The van der Waals surface area contributed by atoms with E-state index in [2.05, 4.69) is 15.5 Å². The molecule has 5 N–H and O–H groups in total. The number of ketones is 1. The summed E-state index contributed by atoms with van der Waals surface area (Å²) in [7, 11) is 3.95. The molecule has 0 aromatic heterocycles. The summed E-state index contributed by atoms with van der Waals surface area (Å²) in [6, 6.07) is 14.0. The molecular formula is C27H33N5O4. The van der Waals surface area contributed by atoms with E-state index in [-0.39, 0.29) is 12.3 Å². The molecule has 2 aromatic rings.